The van der Waals surface area contributed by atoms with Gasteiger partial charge in [-0.15, -0.1) is 0 Å². The van der Waals surface area contributed by atoms with Crippen molar-refractivity contribution in [1.29, 1.82) is 5.41 Å². The number of aliphatic hydroxyl groups excluding tert-OH is 1. The molecule has 4 atom stereocenters. The van der Waals surface area contributed by atoms with Gasteiger partial charge in [-0.1, -0.05) is 31.2 Å². The molecule has 2 aliphatic carbocycles. The van der Waals surface area contributed by atoms with Gasteiger partial charge in [0.25, 0.3) is 0 Å². The van der Waals surface area contributed by atoms with Gasteiger partial charge in [-0.3, -0.25) is 20.1 Å². The summed E-state index contributed by atoms with van der Waals surface area (Å²) in [6.45, 7) is 2.09. The Kier molecular flexibility index (Phi) is 6.06. The fourth-order valence-corrected chi connectivity index (χ4v) is 5.96. The lowest BCUT2D eigenvalue weighted by molar-refractivity contribution is -0.134. The minimum Gasteiger partial charge on any atom is -0.393 e. The van der Waals surface area contributed by atoms with Crippen molar-refractivity contribution >= 4 is 11.9 Å². The molecule has 1 fully saturated rings. The second kappa shape index (κ2) is 9.19. The largest absolute Gasteiger partial charge is 0.393 e. The van der Waals surface area contributed by atoms with Crippen LogP contribution in [0.5, 0.6) is 0 Å². The number of nitrogens with two attached hydrogens (primary N) is 1. The average molecular weight is 471 g/mol. The van der Waals surface area contributed by atoms with Crippen LogP contribution in [0.1, 0.15) is 49.1 Å². The molecule has 4 unspecified atom stereocenters. The molecule has 1 amide bonds. The van der Waals surface area contributed by atoms with Gasteiger partial charge in [0.1, 0.15) is 5.82 Å². The zero-order valence-electron chi connectivity index (χ0n) is 19.8. The summed E-state index contributed by atoms with van der Waals surface area (Å²) in [5, 5.41) is 18.7. The second-order valence-electron chi connectivity index (χ2n) is 9.89. The first kappa shape index (κ1) is 23.1. The van der Waals surface area contributed by atoms with E-state index in [1.54, 1.807) is 24.7 Å². The summed E-state index contributed by atoms with van der Waals surface area (Å²) >= 11 is 0. The smallest absolute Gasteiger partial charge is 0.237 e. The molecular formula is C27H30N6O2. The lowest BCUT2D eigenvalue weighted by Crippen LogP contribution is -2.48. The third-order valence-corrected chi connectivity index (χ3v) is 7.65. The number of amides is 1. The second-order valence-corrected chi connectivity index (χ2v) is 9.89. The molecule has 180 valence electrons. The van der Waals surface area contributed by atoms with E-state index in [0.29, 0.717) is 12.2 Å². The van der Waals surface area contributed by atoms with Crippen LogP contribution in [0, 0.1) is 16.7 Å². The standard InChI is InChI=1S/C27H30N6O2/c1-17-13-27(8-7-22(17)34)14-19-6-5-18(20-4-2-9-30-15-20)12-21(19)24(27)25(35)33(26(28)29)16-23-31-10-3-11-32-23/h2-6,9-12,15,17,22,24,34H,7-8,13-14,16H2,1H3,(H3,28,29). The van der Waals surface area contributed by atoms with Crippen LogP contribution in [0.4, 0.5) is 0 Å². The van der Waals surface area contributed by atoms with Crippen LogP contribution in [0.3, 0.4) is 0 Å². The summed E-state index contributed by atoms with van der Waals surface area (Å²) in [5.74, 6) is -0.500. The number of aromatic nitrogens is 3. The fraction of sp³-hybridized carbons (Fsp3) is 0.370. The van der Waals surface area contributed by atoms with Crippen molar-refractivity contribution in [3.05, 3.63) is 78.1 Å². The predicted molar refractivity (Wildman–Crippen MR) is 132 cm³/mol. The number of nitrogens with one attached hydrogen (secondary N) is 1. The van der Waals surface area contributed by atoms with E-state index in [-0.39, 0.29) is 35.8 Å². The Balaban J connectivity index is 1.58. The van der Waals surface area contributed by atoms with Gasteiger partial charge in [0.15, 0.2) is 5.96 Å². The summed E-state index contributed by atoms with van der Waals surface area (Å²) in [5.41, 5.74) is 9.70. The molecular weight excluding hydrogens is 440 g/mol. The van der Waals surface area contributed by atoms with Crippen molar-refractivity contribution in [2.75, 3.05) is 0 Å². The Morgan fingerprint density at radius 1 is 1.20 bits per heavy atom. The highest BCUT2D eigenvalue weighted by Gasteiger charge is 2.53. The molecule has 1 aromatic carbocycles. The van der Waals surface area contributed by atoms with Gasteiger partial charge in [0.05, 0.1) is 18.6 Å². The highest BCUT2D eigenvalue weighted by atomic mass is 16.3. The van der Waals surface area contributed by atoms with E-state index in [4.69, 9.17) is 11.1 Å². The van der Waals surface area contributed by atoms with E-state index in [2.05, 4.69) is 40.1 Å². The van der Waals surface area contributed by atoms with E-state index < -0.39 is 5.92 Å². The van der Waals surface area contributed by atoms with Gasteiger partial charge in [0.2, 0.25) is 5.91 Å². The van der Waals surface area contributed by atoms with Gasteiger partial charge in [-0.2, -0.15) is 0 Å². The Labute approximate surface area is 204 Å². The number of carbonyl (C=O) groups is 1. The zero-order valence-corrected chi connectivity index (χ0v) is 19.8. The quantitative estimate of drug-likeness (QED) is 0.396. The summed E-state index contributed by atoms with van der Waals surface area (Å²) < 4.78 is 0. The number of rotatable bonds is 4. The zero-order chi connectivity index (χ0) is 24.6. The molecule has 8 heteroatoms. The molecule has 5 rings (SSSR count). The van der Waals surface area contributed by atoms with Gasteiger partial charge in [-0.05, 0) is 71.4 Å². The number of fused-ring (bicyclic) bond motifs is 1. The molecule has 0 aliphatic heterocycles. The maximum atomic E-state index is 14.2. The lowest BCUT2D eigenvalue weighted by atomic mass is 9.62. The molecule has 0 bridgehead atoms. The molecule has 2 heterocycles. The van der Waals surface area contributed by atoms with Gasteiger partial charge in [0, 0.05) is 24.8 Å². The topological polar surface area (TPSA) is 129 Å². The minimum absolute atomic E-state index is 0.0391. The molecule has 1 saturated carbocycles. The van der Waals surface area contributed by atoms with Crippen LogP contribution in [0.15, 0.2) is 61.2 Å². The van der Waals surface area contributed by atoms with Crippen molar-refractivity contribution in [2.24, 2.45) is 17.1 Å². The Bertz CT molecular complexity index is 1230. The average Bonchev–Trinajstić information content (AvgIpc) is 3.18. The molecule has 3 aromatic rings. The van der Waals surface area contributed by atoms with Crippen molar-refractivity contribution in [3.63, 3.8) is 0 Å². The van der Waals surface area contributed by atoms with Crippen LogP contribution in [0.2, 0.25) is 0 Å². The van der Waals surface area contributed by atoms with Crippen LogP contribution in [0.25, 0.3) is 11.1 Å². The van der Waals surface area contributed by atoms with Gasteiger partial charge < -0.3 is 10.8 Å². The van der Waals surface area contributed by atoms with Crippen LogP contribution < -0.4 is 5.73 Å². The molecule has 2 aromatic heterocycles. The van der Waals surface area contributed by atoms with Crippen molar-refractivity contribution < 1.29 is 9.90 Å². The predicted octanol–water partition coefficient (Wildman–Crippen LogP) is 3.27. The maximum absolute atomic E-state index is 14.2. The first-order valence-electron chi connectivity index (χ1n) is 12.0. The first-order valence-corrected chi connectivity index (χ1v) is 12.0. The summed E-state index contributed by atoms with van der Waals surface area (Å²) in [7, 11) is 0. The van der Waals surface area contributed by atoms with Crippen molar-refractivity contribution in [1.82, 2.24) is 19.9 Å². The number of pyridine rings is 1. The monoisotopic (exact) mass is 470 g/mol. The number of guanidine groups is 1. The summed E-state index contributed by atoms with van der Waals surface area (Å²) in [6.07, 6.45) is 9.29. The number of carbonyl (C=O) groups excluding carboxylic acids is 1. The molecule has 35 heavy (non-hydrogen) atoms. The van der Waals surface area contributed by atoms with Crippen molar-refractivity contribution in [3.8, 4) is 11.1 Å². The van der Waals surface area contributed by atoms with E-state index in [9.17, 15) is 9.90 Å². The molecule has 1 spiro atoms. The number of hydrogen-bond donors (Lipinski definition) is 3. The molecule has 2 aliphatic rings. The van der Waals surface area contributed by atoms with Gasteiger partial charge >= 0.3 is 0 Å². The van der Waals surface area contributed by atoms with E-state index >= 15 is 0 Å². The number of aliphatic hydroxyl groups is 1. The normalized spacial score (nSPS) is 25.3. The molecule has 8 nitrogen and oxygen atoms in total. The highest BCUT2D eigenvalue weighted by molar-refractivity contribution is 5.99. The minimum atomic E-state index is -0.475. The molecule has 4 N–H and O–H groups in total. The lowest BCUT2D eigenvalue weighted by Gasteiger charge is -2.44. The first-order chi connectivity index (χ1) is 16.9. The molecule has 0 radical (unpaired) electrons. The maximum Gasteiger partial charge on any atom is 0.237 e. The molecule has 0 saturated heterocycles. The van der Waals surface area contributed by atoms with E-state index in [1.807, 2.05) is 18.3 Å². The Hall–Kier alpha value is -3.65. The third kappa shape index (κ3) is 4.30. The summed E-state index contributed by atoms with van der Waals surface area (Å²) in [6, 6.07) is 11.9. The number of benzene rings is 1. The SMILES string of the molecule is CC1CC2(CCC1O)Cc1ccc(-c3cccnc3)cc1C2C(=O)N(Cc1ncccn1)C(=N)N. The van der Waals surface area contributed by atoms with Crippen molar-refractivity contribution in [2.45, 2.75) is 51.2 Å². The summed E-state index contributed by atoms with van der Waals surface area (Å²) in [4.78, 5) is 28.3. The fourth-order valence-electron chi connectivity index (χ4n) is 5.96. The van der Waals surface area contributed by atoms with Crippen LogP contribution in [-0.2, 0) is 17.8 Å². The Morgan fingerprint density at radius 2 is 2.00 bits per heavy atom. The Morgan fingerprint density at radius 3 is 2.69 bits per heavy atom. The van der Waals surface area contributed by atoms with Crippen LogP contribution in [-0.4, -0.2) is 42.9 Å². The van der Waals surface area contributed by atoms with Gasteiger partial charge in [-0.25, -0.2) is 9.97 Å². The van der Waals surface area contributed by atoms with E-state index in [1.165, 1.54) is 4.90 Å². The highest BCUT2D eigenvalue weighted by Crippen LogP contribution is 2.57. The van der Waals surface area contributed by atoms with E-state index in [0.717, 1.165) is 41.5 Å². The number of hydrogen-bond acceptors (Lipinski definition) is 6. The third-order valence-electron chi connectivity index (χ3n) is 7.65. The number of nitrogens with zero attached hydrogens (tertiary/aromatic N) is 4. The van der Waals surface area contributed by atoms with Crippen LogP contribution >= 0.6 is 0 Å².